The fraction of sp³-hybridized carbons (Fsp3) is 0.417. The molecule has 1 N–H and O–H groups in total. The molecule has 1 aliphatic rings. The molecule has 0 aliphatic carbocycles. The Morgan fingerprint density at radius 3 is 2.80 bits per heavy atom. The van der Waals surface area contributed by atoms with Crippen molar-refractivity contribution in [3.8, 4) is 5.75 Å². The number of ether oxygens (including phenoxy) is 1. The number of rotatable bonds is 1. The second-order valence-electron chi connectivity index (χ2n) is 4.52. The van der Waals surface area contributed by atoms with Crippen molar-refractivity contribution in [2.75, 3.05) is 12.4 Å². The van der Waals surface area contributed by atoms with E-state index in [0.29, 0.717) is 6.42 Å². The van der Waals surface area contributed by atoms with Gasteiger partial charge in [-0.2, -0.15) is 0 Å². The summed E-state index contributed by atoms with van der Waals surface area (Å²) >= 11 is 0. The number of anilines is 1. The number of methoxy groups -OCH3 is 1. The van der Waals surface area contributed by atoms with Gasteiger partial charge >= 0.3 is 0 Å². The van der Waals surface area contributed by atoms with Crippen LogP contribution >= 0.6 is 0 Å². The van der Waals surface area contributed by atoms with Crippen molar-refractivity contribution < 1.29 is 9.53 Å². The number of carbonyl (C=O) groups excluding carboxylic acids is 1. The van der Waals surface area contributed by atoms with Crippen molar-refractivity contribution in [2.45, 2.75) is 25.7 Å². The fourth-order valence-electron chi connectivity index (χ4n) is 2.01. The fourth-order valence-corrected chi connectivity index (χ4v) is 2.01. The number of nitrogens with one attached hydrogen (secondary N) is 1. The highest BCUT2D eigenvalue weighted by atomic mass is 16.5. The smallest absolute Gasteiger partial charge is 0.225 e. The molecule has 1 aliphatic heterocycles. The number of fused-ring (bicyclic) bond motifs is 1. The maximum absolute atomic E-state index is 11.5. The Kier molecular flexibility index (Phi) is 2.18. The van der Waals surface area contributed by atoms with E-state index in [2.05, 4.69) is 19.2 Å². The van der Waals surface area contributed by atoms with Gasteiger partial charge in [-0.05, 0) is 23.8 Å². The lowest BCUT2D eigenvalue weighted by molar-refractivity contribution is -0.117. The minimum Gasteiger partial charge on any atom is -0.497 e. The zero-order valence-corrected chi connectivity index (χ0v) is 9.26. The van der Waals surface area contributed by atoms with E-state index in [0.717, 1.165) is 17.0 Å². The molecule has 15 heavy (non-hydrogen) atoms. The van der Waals surface area contributed by atoms with Crippen LogP contribution < -0.4 is 10.1 Å². The number of hydrogen-bond donors (Lipinski definition) is 1. The van der Waals surface area contributed by atoms with Crippen LogP contribution in [-0.2, 0) is 10.2 Å². The van der Waals surface area contributed by atoms with Crippen LogP contribution in [0.5, 0.6) is 5.75 Å². The summed E-state index contributed by atoms with van der Waals surface area (Å²) in [6, 6.07) is 5.75. The average Bonchev–Trinajstić information content (AvgIpc) is 2.16. The van der Waals surface area contributed by atoms with Crippen LogP contribution in [0.2, 0.25) is 0 Å². The molecule has 0 unspecified atom stereocenters. The van der Waals surface area contributed by atoms with Crippen molar-refractivity contribution in [1.82, 2.24) is 0 Å². The van der Waals surface area contributed by atoms with Crippen LogP contribution in [0.3, 0.4) is 0 Å². The molecule has 1 amide bonds. The van der Waals surface area contributed by atoms with E-state index in [4.69, 9.17) is 4.74 Å². The van der Waals surface area contributed by atoms with Gasteiger partial charge in [0.15, 0.2) is 0 Å². The Morgan fingerprint density at radius 1 is 1.40 bits per heavy atom. The lowest BCUT2D eigenvalue weighted by Gasteiger charge is -2.32. The van der Waals surface area contributed by atoms with Gasteiger partial charge in [0.2, 0.25) is 5.91 Å². The summed E-state index contributed by atoms with van der Waals surface area (Å²) in [7, 11) is 1.65. The maximum atomic E-state index is 11.5. The normalized spacial score (nSPS) is 17.9. The van der Waals surface area contributed by atoms with Gasteiger partial charge in [0.05, 0.1) is 7.11 Å². The van der Waals surface area contributed by atoms with Crippen LogP contribution in [0.15, 0.2) is 18.2 Å². The Labute approximate surface area is 89.4 Å². The number of benzene rings is 1. The molecule has 0 radical (unpaired) electrons. The van der Waals surface area contributed by atoms with E-state index in [1.165, 1.54) is 0 Å². The Morgan fingerprint density at radius 2 is 2.13 bits per heavy atom. The van der Waals surface area contributed by atoms with E-state index < -0.39 is 0 Å². The first-order chi connectivity index (χ1) is 7.03. The number of hydrogen-bond acceptors (Lipinski definition) is 2. The van der Waals surface area contributed by atoms with Crippen LogP contribution in [0.4, 0.5) is 5.69 Å². The first-order valence-electron chi connectivity index (χ1n) is 5.01. The first-order valence-corrected chi connectivity index (χ1v) is 5.01. The molecule has 0 saturated carbocycles. The van der Waals surface area contributed by atoms with Crippen molar-refractivity contribution in [3.05, 3.63) is 23.8 Å². The molecule has 1 heterocycles. The van der Waals surface area contributed by atoms with Crippen LogP contribution in [0, 0.1) is 0 Å². The number of carbonyl (C=O) groups is 1. The summed E-state index contributed by atoms with van der Waals surface area (Å²) in [4.78, 5) is 11.5. The highest BCUT2D eigenvalue weighted by Crippen LogP contribution is 2.38. The maximum Gasteiger partial charge on any atom is 0.225 e. The predicted octanol–water partition coefficient (Wildman–Crippen LogP) is 2.31. The van der Waals surface area contributed by atoms with Crippen molar-refractivity contribution in [3.63, 3.8) is 0 Å². The van der Waals surface area contributed by atoms with Crippen molar-refractivity contribution in [1.29, 1.82) is 0 Å². The molecular formula is C12H15NO2. The minimum absolute atomic E-state index is 0.0812. The summed E-state index contributed by atoms with van der Waals surface area (Å²) < 4.78 is 5.19. The zero-order valence-electron chi connectivity index (χ0n) is 9.26. The van der Waals surface area contributed by atoms with Crippen LogP contribution in [0.1, 0.15) is 25.8 Å². The van der Waals surface area contributed by atoms with E-state index in [-0.39, 0.29) is 11.3 Å². The third-order valence-electron chi connectivity index (χ3n) is 2.83. The molecule has 3 heteroatoms. The third kappa shape index (κ3) is 1.69. The van der Waals surface area contributed by atoms with Gasteiger partial charge in [-0.15, -0.1) is 0 Å². The van der Waals surface area contributed by atoms with Gasteiger partial charge in [-0.3, -0.25) is 4.79 Å². The minimum atomic E-state index is -0.119. The molecule has 0 atom stereocenters. The largest absolute Gasteiger partial charge is 0.497 e. The summed E-state index contributed by atoms with van der Waals surface area (Å²) in [5, 5.41) is 2.87. The van der Waals surface area contributed by atoms with Gasteiger partial charge < -0.3 is 10.1 Å². The van der Waals surface area contributed by atoms with Gasteiger partial charge in [0, 0.05) is 17.5 Å². The highest BCUT2D eigenvalue weighted by Gasteiger charge is 2.31. The van der Waals surface area contributed by atoms with Gasteiger partial charge in [0.25, 0.3) is 0 Å². The van der Waals surface area contributed by atoms with E-state index in [1.807, 2.05) is 18.2 Å². The molecule has 0 aromatic heterocycles. The predicted molar refractivity (Wildman–Crippen MR) is 59.3 cm³/mol. The standard InChI is InChI=1S/C12H15NO2/c1-12(2)7-11(14)13-10-5-4-8(15-3)6-9(10)12/h4-6H,7H2,1-3H3,(H,13,14). The van der Waals surface area contributed by atoms with E-state index >= 15 is 0 Å². The summed E-state index contributed by atoms with van der Waals surface area (Å²) in [6.45, 7) is 4.15. The van der Waals surface area contributed by atoms with E-state index in [9.17, 15) is 4.79 Å². The molecular weight excluding hydrogens is 190 g/mol. The molecule has 2 rings (SSSR count). The number of amides is 1. The van der Waals surface area contributed by atoms with Crippen LogP contribution in [-0.4, -0.2) is 13.0 Å². The Bertz CT molecular complexity index is 410. The van der Waals surface area contributed by atoms with Crippen molar-refractivity contribution in [2.24, 2.45) is 0 Å². The first kappa shape index (κ1) is 10.0. The zero-order chi connectivity index (χ0) is 11.1. The van der Waals surface area contributed by atoms with Gasteiger partial charge in [-0.25, -0.2) is 0 Å². The molecule has 0 spiro atoms. The molecule has 3 nitrogen and oxygen atoms in total. The monoisotopic (exact) mass is 205 g/mol. The summed E-state index contributed by atoms with van der Waals surface area (Å²) in [6.07, 6.45) is 0.521. The lowest BCUT2D eigenvalue weighted by atomic mass is 9.78. The van der Waals surface area contributed by atoms with Crippen molar-refractivity contribution >= 4 is 11.6 Å². The molecule has 0 saturated heterocycles. The molecule has 0 fully saturated rings. The lowest BCUT2D eigenvalue weighted by Crippen LogP contribution is -2.32. The van der Waals surface area contributed by atoms with Gasteiger partial charge in [-0.1, -0.05) is 13.8 Å². The Hall–Kier alpha value is -1.51. The van der Waals surface area contributed by atoms with Gasteiger partial charge in [0.1, 0.15) is 5.75 Å². The SMILES string of the molecule is COc1ccc2c(c1)C(C)(C)CC(=O)N2. The quantitative estimate of drug-likeness (QED) is 0.764. The molecule has 80 valence electrons. The molecule has 0 bridgehead atoms. The molecule has 1 aromatic carbocycles. The van der Waals surface area contributed by atoms with E-state index in [1.54, 1.807) is 7.11 Å². The summed E-state index contributed by atoms with van der Waals surface area (Å²) in [5.74, 6) is 0.913. The highest BCUT2D eigenvalue weighted by molar-refractivity contribution is 5.95. The third-order valence-corrected chi connectivity index (χ3v) is 2.83. The Balaban J connectivity index is 2.53. The van der Waals surface area contributed by atoms with Crippen LogP contribution in [0.25, 0.3) is 0 Å². The topological polar surface area (TPSA) is 38.3 Å². The second kappa shape index (κ2) is 3.26. The summed E-state index contributed by atoms with van der Waals surface area (Å²) in [5.41, 5.74) is 1.92. The molecule has 1 aromatic rings. The second-order valence-corrected chi connectivity index (χ2v) is 4.52. The average molecular weight is 205 g/mol.